The molecule has 0 saturated carbocycles. The van der Waals surface area contributed by atoms with Gasteiger partial charge in [0.05, 0.1) is 0 Å². The highest BCUT2D eigenvalue weighted by atomic mass is 15.1. The van der Waals surface area contributed by atoms with E-state index in [1.54, 1.807) is 0 Å². The maximum absolute atomic E-state index is 5.82. The van der Waals surface area contributed by atoms with Gasteiger partial charge in [-0.1, -0.05) is 30.3 Å². The van der Waals surface area contributed by atoms with Crippen LogP contribution in [0.2, 0.25) is 0 Å². The van der Waals surface area contributed by atoms with Gasteiger partial charge in [-0.2, -0.15) is 0 Å². The number of anilines is 2. The van der Waals surface area contributed by atoms with E-state index in [-0.39, 0.29) is 0 Å². The molecule has 0 unspecified atom stereocenters. The molecule has 2 aromatic rings. The molecule has 0 bridgehead atoms. The summed E-state index contributed by atoms with van der Waals surface area (Å²) in [4.78, 5) is 2.42. The minimum absolute atomic E-state index is 0.844. The van der Waals surface area contributed by atoms with Crippen molar-refractivity contribution >= 4 is 11.4 Å². The van der Waals surface area contributed by atoms with Crippen LogP contribution in [-0.4, -0.2) is 13.1 Å². The molecule has 0 amide bonds. The molecular formula is C17H22N2. The summed E-state index contributed by atoms with van der Waals surface area (Å²) in [5.41, 5.74) is 10.6. The number of hydrogen-bond donors (Lipinski definition) is 1. The summed E-state index contributed by atoms with van der Waals surface area (Å²) < 4.78 is 0. The highest BCUT2D eigenvalue weighted by molar-refractivity contribution is 5.53. The van der Waals surface area contributed by atoms with Gasteiger partial charge in [0.25, 0.3) is 0 Å². The minimum Gasteiger partial charge on any atom is -0.399 e. The number of rotatable bonds is 5. The first-order chi connectivity index (χ1) is 9.20. The van der Waals surface area contributed by atoms with Crippen molar-refractivity contribution in [1.29, 1.82) is 0 Å². The Morgan fingerprint density at radius 1 is 1.05 bits per heavy atom. The second-order valence-electron chi connectivity index (χ2n) is 4.86. The zero-order chi connectivity index (χ0) is 13.7. The standard InChI is InChI=1S/C17H22N2/c1-3-19(17-10-5-4-7-14(17)2)12-11-15-8-6-9-16(18)13-15/h4-10,13H,3,11-12,18H2,1-2H3. The molecule has 19 heavy (non-hydrogen) atoms. The Kier molecular flexibility index (Phi) is 4.45. The molecule has 0 saturated heterocycles. The third-order valence-corrected chi connectivity index (χ3v) is 3.46. The predicted octanol–water partition coefficient (Wildman–Crippen LogP) is 3.65. The average molecular weight is 254 g/mol. The van der Waals surface area contributed by atoms with Crippen molar-refractivity contribution in [1.82, 2.24) is 0 Å². The molecule has 0 fully saturated rings. The van der Waals surface area contributed by atoms with E-state index in [0.29, 0.717) is 0 Å². The summed E-state index contributed by atoms with van der Waals surface area (Å²) in [7, 11) is 0. The Hall–Kier alpha value is -1.96. The molecule has 0 aliphatic heterocycles. The van der Waals surface area contributed by atoms with Gasteiger partial charge in [0.2, 0.25) is 0 Å². The lowest BCUT2D eigenvalue weighted by Gasteiger charge is -2.25. The van der Waals surface area contributed by atoms with Crippen LogP contribution in [0.5, 0.6) is 0 Å². The highest BCUT2D eigenvalue weighted by Gasteiger charge is 2.06. The fraction of sp³-hybridized carbons (Fsp3) is 0.294. The lowest BCUT2D eigenvalue weighted by Crippen LogP contribution is -2.26. The third kappa shape index (κ3) is 3.50. The van der Waals surface area contributed by atoms with Gasteiger partial charge in [-0.05, 0) is 49.6 Å². The van der Waals surface area contributed by atoms with Gasteiger partial charge >= 0.3 is 0 Å². The Morgan fingerprint density at radius 3 is 2.53 bits per heavy atom. The van der Waals surface area contributed by atoms with Crippen molar-refractivity contribution in [2.45, 2.75) is 20.3 Å². The number of nitrogen functional groups attached to an aromatic ring is 1. The normalized spacial score (nSPS) is 10.4. The number of hydrogen-bond acceptors (Lipinski definition) is 2. The van der Waals surface area contributed by atoms with Gasteiger partial charge in [-0.3, -0.25) is 0 Å². The van der Waals surface area contributed by atoms with Crippen molar-refractivity contribution in [2.24, 2.45) is 0 Å². The van der Waals surface area contributed by atoms with Crippen molar-refractivity contribution in [3.63, 3.8) is 0 Å². The van der Waals surface area contributed by atoms with Crippen LogP contribution in [0.15, 0.2) is 48.5 Å². The van der Waals surface area contributed by atoms with Crippen LogP contribution in [0.25, 0.3) is 0 Å². The topological polar surface area (TPSA) is 29.3 Å². The van der Waals surface area contributed by atoms with Gasteiger partial charge in [0, 0.05) is 24.5 Å². The summed E-state index contributed by atoms with van der Waals surface area (Å²) in [6.45, 7) is 6.41. The average Bonchev–Trinajstić information content (AvgIpc) is 2.41. The number of nitrogens with zero attached hydrogens (tertiary/aromatic N) is 1. The number of nitrogens with two attached hydrogens (primary N) is 1. The van der Waals surface area contributed by atoms with Crippen LogP contribution < -0.4 is 10.6 Å². The summed E-state index contributed by atoms with van der Waals surface area (Å²) in [5, 5.41) is 0. The summed E-state index contributed by atoms with van der Waals surface area (Å²) in [6.07, 6.45) is 1.02. The van der Waals surface area contributed by atoms with E-state index in [0.717, 1.165) is 25.2 Å². The molecule has 2 nitrogen and oxygen atoms in total. The smallest absolute Gasteiger partial charge is 0.0395 e. The van der Waals surface area contributed by atoms with E-state index < -0.39 is 0 Å². The SMILES string of the molecule is CCN(CCc1cccc(N)c1)c1ccccc1C. The number of likely N-dealkylation sites (N-methyl/N-ethyl adjacent to an activating group) is 1. The van der Waals surface area contributed by atoms with E-state index >= 15 is 0 Å². The summed E-state index contributed by atoms with van der Waals surface area (Å²) >= 11 is 0. The zero-order valence-electron chi connectivity index (χ0n) is 11.8. The maximum atomic E-state index is 5.82. The van der Waals surface area contributed by atoms with Gasteiger partial charge in [-0.25, -0.2) is 0 Å². The Morgan fingerprint density at radius 2 is 1.84 bits per heavy atom. The van der Waals surface area contributed by atoms with Gasteiger partial charge in [0.15, 0.2) is 0 Å². The minimum atomic E-state index is 0.844. The number of para-hydroxylation sites is 1. The van der Waals surface area contributed by atoms with Crippen LogP contribution in [0, 0.1) is 6.92 Å². The highest BCUT2D eigenvalue weighted by Crippen LogP contribution is 2.19. The molecule has 2 rings (SSSR count). The first kappa shape index (κ1) is 13.5. The molecule has 0 aliphatic rings. The van der Waals surface area contributed by atoms with Crippen LogP contribution >= 0.6 is 0 Å². The molecule has 2 aromatic carbocycles. The van der Waals surface area contributed by atoms with Crippen LogP contribution in [0.1, 0.15) is 18.1 Å². The molecule has 0 radical (unpaired) electrons. The van der Waals surface area contributed by atoms with Gasteiger partial charge < -0.3 is 10.6 Å². The van der Waals surface area contributed by atoms with Crippen LogP contribution in [-0.2, 0) is 6.42 Å². The molecule has 2 N–H and O–H groups in total. The summed E-state index contributed by atoms with van der Waals surface area (Å²) in [5.74, 6) is 0. The summed E-state index contributed by atoms with van der Waals surface area (Å²) in [6, 6.07) is 16.7. The Labute approximate surface area is 115 Å². The predicted molar refractivity (Wildman–Crippen MR) is 83.6 cm³/mol. The monoisotopic (exact) mass is 254 g/mol. The van der Waals surface area contributed by atoms with E-state index in [9.17, 15) is 0 Å². The van der Waals surface area contributed by atoms with Gasteiger partial charge in [-0.15, -0.1) is 0 Å². The molecule has 2 heteroatoms. The molecule has 0 aliphatic carbocycles. The molecule has 0 spiro atoms. The van der Waals surface area contributed by atoms with E-state index in [1.165, 1.54) is 16.8 Å². The quantitative estimate of drug-likeness (QED) is 0.825. The molecular weight excluding hydrogens is 232 g/mol. The lowest BCUT2D eigenvalue weighted by molar-refractivity contribution is 0.806. The first-order valence-corrected chi connectivity index (χ1v) is 6.85. The maximum Gasteiger partial charge on any atom is 0.0395 e. The van der Waals surface area contributed by atoms with E-state index in [2.05, 4.69) is 55.1 Å². The van der Waals surface area contributed by atoms with Gasteiger partial charge in [0.1, 0.15) is 0 Å². The van der Waals surface area contributed by atoms with Crippen molar-refractivity contribution in [3.8, 4) is 0 Å². The second-order valence-corrected chi connectivity index (χ2v) is 4.86. The largest absolute Gasteiger partial charge is 0.399 e. The molecule has 0 heterocycles. The fourth-order valence-corrected chi connectivity index (χ4v) is 2.38. The van der Waals surface area contributed by atoms with Crippen LogP contribution in [0.3, 0.4) is 0 Å². The molecule has 0 aromatic heterocycles. The van der Waals surface area contributed by atoms with Crippen molar-refractivity contribution in [2.75, 3.05) is 23.7 Å². The Balaban J connectivity index is 2.06. The number of aryl methyl sites for hydroxylation is 1. The van der Waals surface area contributed by atoms with E-state index in [1.807, 2.05) is 12.1 Å². The van der Waals surface area contributed by atoms with E-state index in [4.69, 9.17) is 5.73 Å². The number of benzene rings is 2. The van der Waals surface area contributed by atoms with Crippen LogP contribution in [0.4, 0.5) is 11.4 Å². The third-order valence-electron chi connectivity index (χ3n) is 3.46. The zero-order valence-corrected chi connectivity index (χ0v) is 11.8. The first-order valence-electron chi connectivity index (χ1n) is 6.85. The van der Waals surface area contributed by atoms with Crippen molar-refractivity contribution < 1.29 is 0 Å². The molecule has 0 atom stereocenters. The van der Waals surface area contributed by atoms with Crippen molar-refractivity contribution in [3.05, 3.63) is 59.7 Å². The molecule has 100 valence electrons. The Bertz CT molecular complexity index is 534. The fourth-order valence-electron chi connectivity index (χ4n) is 2.38. The lowest BCUT2D eigenvalue weighted by atomic mass is 10.1. The second kappa shape index (κ2) is 6.28.